The quantitative estimate of drug-likeness (QED) is 0.462. The Bertz CT molecular complexity index is 1440. The number of fused-ring (bicyclic) bond motifs is 1. The zero-order chi connectivity index (χ0) is 22.2. The Kier molecular flexibility index (Phi) is 5.04. The van der Waals surface area contributed by atoms with E-state index in [9.17, 15) is 23.1 Å². The Morgan fingerprint density at radius 3 is 2.52 bits per heavy atom. The van der Waals surface area contributed by atoms with E-state index in [-0.39, 0.29) is 27.2 Å². The van der Waals surface area contributed by atoms with Gasteiger partial charge in [-0.05, 0) is 30.3 Å². The maximum Gasteiger partial charge on any atom is 0.336 e. The summed E-state index contributed by atoms with van der Waals surface area (Å²) < 4.78 is 33.2. The molecule has 0 aliphatic heterocycles. The molecular weight excluding hydrogens is 420 g/mol. The van der Waals surface area contributed by atoms with E-state index in [0.717, 1.165) is 10.2 Å². The van der Waals surface area contributed by atoms with Crippen LogP contribution in [0.4, 0.5) is 0 Å². The summed E-state index contributed by atoms with van der Waals surface area (Å²) in [5.41, 5.74) is -0.385. The van der Waals surface area contributed by atoms with Crippen molar-refractivity contribution in [3.63, 3.8) is 0 Å². The lowest BCUT2D eigenvalue weighted by atomic mass is 10.0. The smallest absolute Gasteiger partial charge is 0.336 e. The third kappa shape index (κ3) is 3.44. The van der Waals surface area contributed by atoms with Gasteiger partial charge in [0.05, 0.1) is 28.6 Å². The van der Waals surface area contributed by atoms with Gasteiger partial charge >= 0.3 is 5.97 Å². The number of aromatic carboxylic acids is 1. The van der Waals surface area contributed by atoms with Crippen LogP contribution in [0.3, 0.4) is 0 Å². The molecule has 0 atom stereocenters. The Morgan fingerprint density at radius 2 is 1.77 bits per heavy atom. The number of methoxy groups -OCH3 is 1. The van der Waals surface area contributed by atoms with Crippen molar-refractivity contribution >= 4 is 32.7 Å². The molecule has 9 heteroatoms. The zero-order valence-corrected chi connectivity index (χ0v) is 17.0. The minimum atomic E-state index is -4.22. The van der Waals surface area contributed by atoms with Crippen LogP contribution in [0.2, 0.25) is 0 Å². The molecule has 0 aliphatic rings. The molecule has 0 unspecified atom stereocenters. The summed E-state index contributed by atoms with van der Waals surface area (Å²) >= 11 is 0. The van der Waals surface area contributed by atoms with Gasteiger partial charge in [-0.1, -0.05) is 24.3 Å². The first-order valence-corrected chi connectivity index (χ1v) is 10.5. The fourth-order valence-electron chi connectivity index (χ4n) is 3.31. The third-order valence-electron chi connectivity index (χ3n) is 4.77. The maximum atomic E-state index is 13.6. The van der Waals surface area contributed by atoms with Crippen LogP contribution < -0.4 is 4.74 Å². The van der Waals surface area contributed by atoms with Crippen molar-refractivity contribution in [1.29, 1.82) is 0 Å². The van der Waals surface area contributed by atoms with Gasteiger partial charge in [0.15, 0.2) is 0 Å². The molecule has 2 aromatic heterocycles. The van der Waals surface area contributed by atoms with Crippen LogP contribution in [-0.2, 0) is 10.0 Å². The third-order valence-corrected chi connectivity index (χ3v) is 6.50. The lowest BCUT2D eigenvalue weighted by Gasteiger charge is -2.13. The SMILES string of the molecule is COc1cccc(S(=O)(=O)n2c(C(=O)c3cnccc3C(=O)O)cc3ccccc32)c1. The van der Waals surface area contributed by atoms with Crippen LogP contribution in [0.15, 0.2) is 78.0 Å². The fourth-order valence-corrected chi connectivity index (χ4v) is 4.86. The van der Waals surface area contributed by atoms with Crippen molar-refractivity contribution in [3.05, 3.63) is 89.9 Å². The summed E-state index contributed by atoms with van der Waals surface area (Å²) in [6.07, 6.45) is 2.37. The van der Waals surface area contributed by atoms with E-state index in [1.54, 1.807) is 30.3 Å². The Labute approximate surface area is 177 Å². The van der Waals surface area contributed by atoms with Crippen LogP contribution in [0.25, 0.3) is 10.9 Å². The Morgan fingerprint density at radius 1 is 1.00 bits per heavy atom. The number of carboxylic acid groups (broad SMARTS) is 1. The number of para-hydroxylation sites is 1. The molecule has 1 N–H and O–H groups in total. The van der Waals surface area contributed by atoms with E-state index in [1.807, 2.05) is 0 Å². The van der Waals surface area contributed by atoms with Crippen LogP contribution in [0, 0.1) is 0 Å². The second-order valence-electron chi connectivity index (χ2n) is 6.59. The van der Waals surface area contributed by atoms with Crippen molar-refractivity contribution in [2.75, 3.05) is 7.11 Å². The number of pyridine rings is 1. The first-order valence-electron chi connectivity index (χ1n) is 9.06. The van der Waals surface area contributed by atoms with E-state index >= 15 is 0 Å². The molecule has 0 radical (unpaired) electrons. The maximum absolute atomic E-state index is 13.6. The molecule has 0 bridgehead atoms. The lowest BCUT2D eigenvalue weighted by Crippen LogP contribution is -2.20. The van der Waals surface area contributed by atoms with Crippen LogP contribution in [0.1, 0.15) is 26.4 Å². The van der Waals surface area contributed by atoms with Gasteiger partial charge in [0.2, 0.25) is 5.78 Å². The first-order chi connectivity index (χ1) is 14.8. The molecule has 0 fully saturated rings. The Balaban J connectivity index is 2.00. The highest BCUT2D eigenvalue weighted by atomic mass is 32.2. The van der Waals surface area contributed by atoms with Crippen molar-refractivity contribution < 1.29 is 27.9 Å². The largest absolute Gasteiger partial charge is 0.497 e. The second-order valence-corrected chi connectivity index (χ2v) is 8.38. The molecule has 4 rings (SSSR count). The summed E-state index contributed by atoms with van der Waals surface area (Å²) in [6, 6.07) is 15.1. The van der Waals surface area contributed by atoms with E-state index in [4.69, 9.17) is 4.74 Å². The molecule has 4 aromatic rings. The average Bonchev–Trinajstić information content (AvgIpc) is 3.19. The monoisotopic (exact) mass is 436 g/mol. The topological polar surface area (TPSA) is 116 Å². The molecule has 0 saturated carbocycles. The van der Waals surface area contributed by atoms with Gasteiger partial charge in [0.25, 0.3) is 10.0 Å². The summed E-state index contributed by atoms with van der Waals surface area (Å²) in [4.78, 5) is 28.7. The number of hydrogen-bond donors (Lipinski definition) is 1. The normalized spacial score (nSPS) is 11.4. The van der Waals surface area contributed by atoms with Gasteiger partial charge < -0.3 is 9.84 Å². The molecule has 8 nitrogen and oxygen atoms in total. The van der Waals surface area contributed by atoms with E-state index in [0.29, 0.717) is 11.1 Å². The standard InChI is InChI=1S/C22H16N2O6S/c1-30-15-6-4-7-16(12-15)31(28,29)24-19-8-3-2-5-14(19)11-20(24)21(25)18-13-23-10-9-17(18)22(26)27/h2-13H,1H3,(H,26,27). The van der Waals surface area contributed by atoms with Crippen LogP contribution in [0.5, 0.6) is 5.75 Å². The predicted octanol–water partition coefficient (Wildman–Crippen LogP) is 3.21. The average molecular weight is 436 g/mol. The number of ketones is 1. The van der Waals surface area contributed by atoms with Gasteiger partial charge in [-0.15, -0.1) is 0 Å². The number of nitrogens with zero attached hydrogens (tertiary/aromatic N) is 2. The fraction of sp³-hybridized carbons (Fsp3) is 0.0455. The lowest BCUT2D eigenvalue weighted by molar-refractivity contribution is 0.0692. The van der Waals surface area contributed by atoms with Gasteiger partial charge in [-0.25, -0.2) is 17.2 Å². The number of hydrogen-bond acceptors (Lipinski definition) is 6. The number of carbonyl (C=O) groups excluding carboxylic acids is 1. The van der Waals surface area contributed by atoms with E-state index < -0.39 is 21.8 Å². The summed E-state index contributed by atoms with van der Waals surface area (Å²) in [6.45, 7) is 0. The highest BCUT2D eigenvalue weighted by Crippen LogP contribution is 2.29. The number of ether oxygens (including phenoxy) is 1. The second kappa shape index (κ2) is 7.69. The van der Waals surface area contributed by atoms with Crippen LogP contribution >= 0.6 is 0 Å². The molecule has 156 valence electrons. The predicted molar refractivity (Wildman–Crippen MR) is 112 cm³/mol. The summed E-state index contributed by atoms with van der Waals surface area (Å²) in [5, 5.41) is 9.96. The molecule has 0 saturated heterocycles. The minimum absolute atomic E-state index is 0.0769. The first kappa shape index (κ1) is 20.3. The molecule has 2 heterocycles. The van der Waals surface area contributed by atoms with Crippen molar-refractivity contribution in [1.82, 2.24) is 8.96 Å². The molecule has 0 aliphatic carbocycles. The highest BCUT2D eigenvalue weighted by Gasteiger charge is 2.29. The number of benzene rings is 2. The minimum Gasteiger partial charge on any atom is -0.497 e. The molecule has 2 aromatic carbocycles. The molecular formula is C22H16N2O6S. The van der Waals surface area contributed by atoms with Crippen molar-refractivity contribution in [3.8, 4) is 5.75 Å². The van der Waals surface area contributed by atoms with Gasteiger partial charge in [-0.3, -0.25) is 9.78 Å². The van der Waals surface area contributed by atoms with Crippen molar-refractivity contribution in [2.45, 2.75) is 4.90 Å². The number of carbonyl (C=O) groups is 2. The highest BCUT2D eigenvalue weighted by molar-refractivity contribution is 7.90. The van der Waals surface area contributed by atoms with Crippen molar-refractivity contribution in [2.24, 2.45) is 0 Å². The number of carboxylic acids is 1. The van der Waals surface area contributed by atoms with E-state index in [1.165, 1.54) is 43.6 Å². The molecule has 31 heavy (non-hydrogen) atoms. The summed E-state index contributed by atoms with van der Waals surface area (Å²) in [7, 11) is -2.81. The van der Waals surface area contributed by atoms with Crippen LogP contribution in [-0.4, -0.2) is 41.3 Å². The summed E-state index contributed by atoms with van der Waals surface area (Å²) in [5.74, 6) is -1.75. The molecule has 0 spiro atoms. The number of rotatable bonds is 6. The van der Waals surface area contributed by atoms with Gasteiger partial charge in [0, 0.05) is 23.8 Å². The van der Waals surface area contributed by atoms with Gasteiger partial charge in [-0.2, -0.15) is 0 Å². The molecule has 0 amide bonds. The zero-order valence-electron chi connectivity index (χ0n) is 16.2. The van der Waals surface area contributed by atoms with E-state index in [2.05, 4.69) is 4.98 Å². The van der Waals surface area contributed by atoms with Gasteiger partial charge in [0.1, 0.15) is 11.4 Å². The number of aromatic nitrogens is 2. The Hall–Kier alpha value is -3.98.